The summed E-state index contributed by atoms with van der Waals surface area (Å²) in [6, 6.07) is 12.8. The Morgan fingerprint density at radius 3 is 2.65 bits per heavy atom. The Balaban J connectivity index is 1.44. The lowest BCUT2D eigenvalue weighted by atomic mass is 9.95. The lowest BCUT2D eigenvalue weighted by molar-refractivity contribution is -0.148. The number of unbranched alkanes of at least 4 members (excludes halogenated alkanes) is 2. The normalized spacial score (nSPS) is 18.9. The van der Waals surface area contributed by atoms with E-state index >= 15 is 0 Å². The maximum Gasteiger partial charge on any atom is 0.512 e. The van der Waals surface area contributed by atoms with Gasteiger partial charge in [-0.3, -0.25) is 4.79 Å². The molecule has 1 aromatic heterocycles. The molecule has 37 heavy (non-hydrogen) atoms. The van der Waals surface area contributed by atoms with Gasteiger partial charge in [-0.05, 0) is 55.7 Å². The van der Waals surface area contributed by atoms with E-state index in [9.17, 15) is 23.5 Å². The summed E-state index contributed by atoms with van der Waals surface area (Å²) < 4.78 is 33.0. The molecular formula is C28H35F2NO5S. The summed E-state index contributed by atoms with van der Waals surface area (Å²) in [5.74, 6) is -4.63. The predicted octanol–water partition coefficient (Wildman–Crippen LogP) is 6.33. The van der Waals surface area contributed by atoms with Gasteiger partial charge >= 0.3 is 12.1 Å². The third-order valence-corrected chi connectivity index (χ3v) is 7.69. The first-order valence-electron chi connectivity index (χ1n) is 12.7. The first-order chi connectivity index (χ1) is 17.7. The molecule has 2 heterocycles. The molecular weight excluding hydrogens is 500 g/mol. The number of carboxylic acid groups (broad SMARTS) is 1. The number of carbonyl (C=O) groups excluding carboxylic acids is 1. The Labute approximate surface area is 220 Å². The molecule has 0 aliphatic carbocycles. The van der Waals surface area contributed by atoms with Crippen LogP contribution in [0.4, 0.5) is 13.6 Å². The zero-order valence-electron chi connectivity index (χ0n) is 21.0. The minimum absolute atomic E-state index is 0.0138. The van der Waals surface area contributed by atoms with E-state index < -0.39 is 36.6 Å². The highest BCUT2D eigenvalue weighted by molar-refractivity contribution is 7.13. The Hall–Kier alpha value is -2.78. The van der Waals surface area contributed by atoms with Crippen LogP contribution >= 0.6 is 11.3 Å². The molecule has 1 aromatic carbocycles. The first kappa shape index (κ1) is 28.8. The van der Waals surface area contributed by atoms with Crippen LogP contribution in [0, 0.1) is 5.92 Å². The average molecular weight is 536 g/mol. The number of rotatable bonds is 14. The van der Waals surface area contributed by atoms with Gasteiger partial charge < -0.3 is 19.8 Å². The number of alkyl halides is 2. The number of likely N-dealkylation sites (tertiary alicyclic amines) is 1. The van der Waals surface area contributed by atoms with E-state index in [-0.39, 0.29) is 17.5 Å². The largest absolute Gasteiger partial charge is 0.512 e. The zero-order valence-corrected chi connectivity index (χ0v) is 21.8. The minimum atomic E-state index is -3.42. The quantitative estimate of drug-likeness (QED) is 0.168. The number of thiophene rings is 1. The standard InChI is InChI=1S/C28H35F2NO5S/c1-20(9-4-2-5-10-21-11-6-3-7-12-21)24(32)16-14-22-19-28(29,30)26(33)31(22)18-8-13-23-15-17-25(37-23)36-27(34)35/h3,6-7,11-12,14-17,20,22,24,32H,2,4-5,8-10,13,18-19H2,1H3,(H,34,35)/b16-14+/t20-,22-,24+/m0/s1. The molecule has 1 fully saturated rings. The summed E-state index contributed by atoms with van der Waals surface area (Å²) in [4.78, 5) is 24.9. The van der Waals surface area contributed by atoms with Crippen molar-refractivity contribution >= 4 is 23.4 Å². The summed E-state index contributed by atoms with van der Waals surface area (Å²) in [6.45, 7) is 2.09. The molecule has 2 aromatic rings. The van der Waals surface area contributed by atoms with Crippen LogP contribution < -0.4 is 4.74 Å². The van der Waals surface area contributed by atoms with Gasteiger partial charge in [0.2, 0.25) is 0 Å². The van der Waals surface area contributed by atoms with Crippen molar-refractivity contribution < 1.29 is 33.3 Å². The molecule has 0 spiro atoms. The third-order valence-electron chi connectivity index (χ3n) is 6.67. The van der Waals surface area contributed by atoms with E-state index in [1.54, 1.807) is 24.3 Å². The number of ether oxygens (including phenoxy) is 1. The molecule has 9 heteroatoms. The van der Waals surface area contributed by atoms with Gasteiger partial charge in [0.1, 0.15) is 0 Å². The van der Waals surface area contributed by atoms with Crippen LogP contribution in [0.2, 0.25) is 0 Å². The van der Waals surface area contributed by atoms with Gasteiger partial charge in [0, 0.05) is 17.8 Å². The van der Waals surface area contributed by atoms with E-state index in [2.05, 4.69) is 16.9 Å². The lowest BCUT2D eigenvalue weighted by Crippen LogP contribution is -2.36. The molecule has 1 aliphatic heterocycles. The summed E-state index contributed by atoms with van der Waals surface area (Å²) >= 11 is 1.17. The molecule has 0 unspecified atom stereocenters. The number of aliphatic hydroxyl groups excluding tert-OH is 1. The summed E-state index contributed by atoms with van der Waals surface area (Å²) in [7, 11) is 0. The van der Waals surface area contributed by atoms with Gasteiger partial charge in [0.05, 0.1) is 12.1 Å². The van der Waals surface area contributed by atoms with Crippen LogP contribution in [0.15, 0.2) is 54.6 Å². The Morgan fingerprint density at radius 1 is 1.16 bits per heavy atom. The summed E-state index contributed by atoms with van der Waals surface area (Å²) in [6.07, 6.45) is 6.26. The second-order valence-corrected chi connectivity index (χ2v) is 10.7. The topological polar surface area (TPSA) is 87.1 Å². The molecule has 6 nitrogen and oxygen atoms in total. The van der Waals surface area contributed by atoms with Crippen LogP contribution in [0.5, 0.6) is 5.06 Å². The Kier molecular flexibility index (Phi) is 10.6. The van der Waals surface area contributed by atoms with Crippen LogP contribution in [-0.2, 0) is 17.6 Å². The van der Waals surface area contributed by atoms with Crippen LogP contribution in [0.25, 0.3) is 0 Å². The number of carbonyl (C=O) groups is 2. The van der Waals surface area contributed by atoms with Crippen LogP contribution in [-0.4, -0.2) is 51.8 Å². The molecule has 0 radical (unpaired) electrons. The van der Waals surface area contributed by atoms with Crippen molar-refractivity contribution in [3.05, 3.63) is 65.1 Å². The lowest BCUT2D eigenvalue weighted by Gasteiger charge is -2.22. The molecule has 1 saturated heterocycles. The van der Waals surface area contributed by atoms with Gasteiger partial charge in [-0.25, -0.2) is 4.79 Å². The minimum Gasteiger partial charge on any atom is -0.449 e. The Bertz CT molecular complexity index is 1040. The molecule has 202 valence electrons. The maximum atomic E-state index is 14.2. The van der Waals surface area contributed by atoms with Crippen molar-refractivity contribution in [1.29, 1.82) is 0 Å². The van der Waals surface area contributed by atoms with Crippen molar-refractivity contribution in [3.8, 4) is 5.06 Å². The second-order valence-electron chi connectivity index (χ2n) is 9.60. The fourth-order valence-electron chi connectivity index (χ4n) is 4.54. The number of hydrogen-bond acceptors (Lipinski definition) is 5. The predicted molar refractivity (Wildman–Crippen MR) is 139 cm³/mol. The highest BCUT2D eigenvalue weighted by Crippen LogP contribution is 2.35. The van der Waals surface area contributed by atoms with Crippen LogP contribution in [0.1, 0.15) is 55.9 Å². The SMILES string of the molecule is C[C@@H](CCCCCc1ccccc1)[C@H](O)/C=C/[C@H]1CC(F)(F)C(=O)N1CCCc1ccc(OC(=O)O)s1. The molecule has 3 atom stereocenters. The van der Waals surface area contributed by atoms with Gasteiger partial charge in [-0.2, -0.15) is 8.78 Å². The van der Waals surface area contributed by atoms with Gasteiger partial charge in [-0.1, -0.05) is 62.2 Å². The summed E-state index contributed by atoms with van der Waals surface area (Å²) in [5.41, 5.74) is 1.32. The number of halogens is 2. The number of hydrogen-bond donors (Lipinski definition) is 2. The van der Waals surface area contributed by atoms with E-state index in [0.717, 1.165) is 37.0 Å². The zero-order chi connectivity index (χ0) is 26.8. The summed E-state index contributed by atoms with van der Waals surface area (Å²) in [5, 5.41) is 19.5. The van der Waals surface area contributed by atoms with Crippen molar-refractivity contribution in [2.45, 2.75) is 76.4 Å². The number of benzene rings is 1. The molecule has 1 amide bonds. The van der Waals surface area contributed by atoms with Gasteiger partial charge in [0.15, 0.2) is 5.06 Å². The molecule has 0 saturated carbocycles. The van der Waals surface area contributed by atoms with Crippen molar-refractivity contribution in [3.63, 3.8) is 0 Å². The Morgan fingerprint density at radius 2 is 1.92 bits per heavy atom. The van der Waals surface area contributed by atoms with Crippen LogP contribution in [0.3, 0.4) is 0 Å². The van der Waals surface area contributed by atoms with Gasteiger partial charge in [-0.15, -0.1) is 11.3 Å². The first-order valence-corrected chi connectivity index (χ1v) is 13.6. The number of aliphatic hydroxyl groups is 1. The fourth-order valence-corrected chi connectivity index (χ4v) is 5.43. The smallest absolute Gasteiger partial charge is 0.449 e. The monoisotopic (exact) mass is 535 g/mol. The fraction of sp³-hybridized carbons (Fsp3) is 0.500. The van der Waals surface area contributed by atoms with Crippen molar-refractivity contribution in [2.24, 2.45) is 5.92 Å². The van der Waals surface area contributed by atoms with E-state index in [4.69, 9.17) is 5.11 Å². The van der Waals surface area contributed by atoms with Crippen molar-refractivity contribution in [1.82, 2.24) is 4.90 Å². The van der Waals surface area contributed by atoms with E-state index in [0.29, 0.717) is 12.8 Å². The molecule has 0 bridgehead atoms. The number of aryl methyl sites for hydroxylation is 2. The number of nitrogens with zero attached hydrogens (tertiary/aromatic N) is 1. The molecule has 1 aliphatic rings. The van der Waals surface area contributed by atoms with Crippen molar-refractivity contribution in [2.75, 3.05) is 6.54 Å². The van der Waals surface area contributed by atoms with E-state index in [1.165, 1.54) is 21.8 Å². The second kappa shape index (κ2) is 13.7. The molecule has 3 rings (SSSR count). The average Bonchev–Trinajstić information content (AvgIpc) is 3.38. The highest BCUT2D eigenvalue weighted by atomic mass is 32.1. The maximum absolute atomic E-state index is 14.2. The molecule has 2 N–H and O–H groups in total. The number of amides is 1. The van der Waals surface area contributed by atoms with Gasteiger partial charge in [0.25, 0.3) is 5.91 Å². The van der Waals surface area contributed by atoms with E-state index in [1.807, 2.05) is 25.1 Å². The third kappa shape index (κ3) is 8.93. The highest BCUT2D eigenvalue weighted by Gasteiger charge is 2.52.